The molecule has 0 N–H and O–H groups in total. The summed E-state index contributed by atoms with van der Waals surface area (Å²) in [6.45, 7) is 26.9. The van der Waals surface area contributed by atoms with Gasteiger partial charge in [0.25, 0.3) is 0 Å². The molecule has 1 aliphatic rings. The number of carbonyl (C=O) groups excluding carboxylic acids is 1. The highest BCUT2D eigenvalue weighted by molar-refractivity contribution is 6.74. The monoisotopic (exact) mass is 564 g/mol. The third kappa shape index (κ3) is 12.0. The number of esters is 1. The van der Waals surface area contributed by atoms with Gasteiger partial charge >= 0.3 is 5.97 Å². The van der Waals surface area contributed by atoms with Crippen LogP contribution in [-0.2, 0) is 23.4 Å². The first-order valence-corrected chi connectivity index (χ1v) is 18.0. The predicted octanol–water partition coefficient (Wildman–Crippen LogP) is 8.66. The van der Waals surface area contributed by atoms with Crippen LogP contribution in [0.3, 0.4) is 0 Å². The fraction of sp³-hybridized carbons (Fsp3) is 0.788. The van der Waals surface area contributed by atoms with E-state index in [0.717, 1.165) is 19.3 Å². The molecule has 7 atom stereocenters. The summed E-state index contributed by atoms with van der Waals surface area (Å²) < 4.78 is 24.0. The Morgan fingerprint density at radius 3 is 2.33 bits per heavy atom. The molecule has 0 saturated carbocycles. The Balaban J connectivity index is 2.73. The Labute approximate surface area is 241 Å². The summed E-state index contributed by atoms with van der Waals surface area (Å²) in [6.07, 6.45) is 12.3. The molecule has 0 spiro atoms. The van der Waals surface area contributed by atoms with E-state index in [1.165, 1.54) is 11.1 Å². The summed E-state index contributed by atoms with van der Waals surface area (Å²) >= 11 is 0. The van der Waals surface area contributed by atoms with E-state index in [2.05, 4.69) is 99.7 Å². The van der Waals surface area contributed by atoms with E-state index < -0.39 is 8.32 Å². The van der Waals surface area contributed by atoms with Crippen molar-refractivity contribution in [3.05, 3.63) is 35.5 Å². The molecule has 1 heterocycles. The number of hydrogen-bond donors (Lipinski definition) is 0. The zero-order valence-electron chi connectivity index (χ0n) is 27.4. The summed E-state index contributed by atoms with van der Waals surface area (Å²) in [5, 5.41) is 0.175. The predicted molar refractivity (Wildman–Crippen MR) is 166 cm³/mol. The lowest BCUT2D eigenvalue weighted by atomic mass is 9.88. The van der Waals surface area contributed by atoms with Gasteiger partial charge in [0.05, 0.1) is 37.4 Å². The van der Waals surface area contributed by atoms with Gasteiger partial charge in [0, 0.05) is 13.0 Å². The summed E-state index contributed by atoms with van der Waals surface area (Å²) in [4.78, 5) is 11.9. The first kappa shape index (κ1) is 35.8. The Bertz CT molecular complexity index is 838. The maximum Gasteiger partial charge on any atom is 0.308 e. The standard InChI is InChI=1S/C33H60O5Si/c1-14-36-30(34)22-29-19-18-26(5)31(37-29)25(4)17-15-16-23(2)20-24(3)21-27(6)32(35-11)28(7)38-39(12,13)33(8,9)10/h15-17,21,23,26-29,31-32H,14,18-20,22H2,1-13H3/b16-15+,24-21+,25-17+/t23-,26+,27+,28-,29-,31-,32-/m1/s1. The van der Waals surface area contributed by atoms with Gasteiger partial charge in [0.2, 0.25) is 0 Å². The fourth-order valence-electron chi connectivity index (χ4n) is 5.34. The molecule has 0 aromatic rings. The minimum absolute atomic E-state index is 0.0237. The SMILES string of the molecule is CCOC(=O)C[C@H]1CC[C@H](C)[C@@H](/C(C)=C/C=C/[C@@H](C)C/C(C)=C/[C@H](C)[C@@H](OC)[C@@H](C)O[Si](C)(C)C(C)(C)C)O1. The Hall–Kier alpha value is -1.21. The Morgan fingerprint density at radius 1 is 1.13 bits per heavy atom. The molecular weight excluding hydrogens is 504 g/mol. The van der Waals surface area contributed by atoms with Crippen LogP contribution in [0.15, 0.2) is 35.5 Å². The molecule has 0 aliphatic carbocycles. The summed E-state index contributed by atoms with van der Waals surface area (Å²) in [6, 6.07) is 0. The lowest BCUT2D eigenvalue weighted by molar-refractivity contribution is -0.149. The highest BCUT2D eigenvalue weighted by Crippen LogP contribution is 2.38. The van der Waals surface area contributed by atoms with Crippen LogP contribution in [0.4, 0.5) is 0 Å². The lowest BCUT2D eigenvalue weighted by Crippen LogP contribution is -2.47. The molecule has 1 saturated heterocycles. The number of hydrogen-bond acceptors (Lipinski definition) is 5. The van der Waals surface area contributed by atoms with Crippen molar-refractivity contribution in [1.82, 2.24) is 0 Å². The second kappa shape index (κ2) is 16.3. The highest BCUT2D eigenvalue weighted by Gasteiger charge is 2.40. The van der Waals surface area contributed by atoms with Crippen LogP contribution in [0.5, 0.6) is 0 Å². The first-order valence-electron chi connectivity index (χ1n) is 15.1. The maximum absolute atomic E-state index is 11.9. The van der Waals surface area contributed by atoms with Crippen molar-refractivity contribution in [2.75, 3.05) is 13.7 Å². The van der Waals surface area contributed by atoms with E-state index in [4.69, 9.17) is 18.6 Å². The van der Waals surface area contributed by atoms with Gasteiger partial charge in [-0.25, -0.2) is 0 Å². The average Bonchev–Trinajstić information content (AvgIpc) is 2.79. The van der Waals surface area contributed by atoms with E-state index in [9.17, 15) is 4.79 Å². The molecule has 1 aliphatic heterocycles. The van der Waals surface area contributed by atoms with Gasteiger partial charge in [-0.05, 0) is 82.5 Å². The molecule has 1 rings (SSSR count). The molecule has 6 heteroatoms. The fourth-order valence-corrected chi connectivity index (χ4v) is 6.76. The van der Waals surface area contributed by atoms with Crippen LogP contribution in [-0.4, -0.2) is 52.4 Å². The first-order chi connectivity index (χ1) is 18.0. The smallest absolute Gasteiger partial charge is 0.308 e. The second-order valence-electron chi connectivity index (χ2n) is 13.4. The topological polar surface area (TPSA) is 54.0 Å². The van der Waals surface area contributed by atoms with Crippen LogP contribution < -0.4 is 0 Å². The number of allylic oxidation sites excluding steroid dienone is 4. The molecule has 39 heavy (non-hydrogen) atoms. The van der Waals surface area contributed by atoms with Crippen molar-refractivity contribution in [2.45, 2.75) is 137 Å². The number of methoxy groups -OCH3 is 1. The van der Waals surface area contributed by atoms with Gasteiger partial charge in [-0.1, -0.05) is 71.4 Å². The van der Waals surface area contributed by atoms with E-state index in [-0.39, 0.29) is 41.3 Å². The minimum atomic E-state index is -1.86. The zero-order chi connectivity index (χ0) is 30.0. The van der Waals surface area contributed by atoms with Crippen LogP contribution in [0.1, 0.15) is 94.9 Å². The van der Waals surface area contributed by atoms with E-state index in [1.54, 1.807) is 7.11 Å². The van der Waals surface area contributed by atoms with Crippen LogP contribution in [0, 0.1) is 17.8 Å². The Morgan fingerprint density at radius 2 is 1.77 bits per heavy atom. The van der Waals surface area contributed by atoms with E-state index >= 15 is 0 Å². The minimum Gasteiger partial charge on any atom is -0.466 e. The third-order valence-electron chi connectivity index (χ3n) is 8.48. The second-order valence-corrected chi connectivity index (χ2v) is 18.1. The lowest BCUT2D eigenvalue weighted by Gasteiger charge is -2.41. The van der Waals surface area contributed by atoms with Crippen molar-refractivity contribution in [2.24, 2.45) is 17.8 Å². The van der Waals surface area contributed by atoms with Gasteiger partial charge in [-0.2, -0.15) is 0 Å². The van der Waals surface area contributed by atoms with Crippen molar-refractivity contribution < 1.29 is 23.4 Å². The van der Waals surface area contributed by atoms with Gasteiger partial charge < -0.3 is 18.6 Å². The van der Waals surface area contributed by atoms with Crippen molar-refractivity contribution in [3.8, 4) is 0 Å². The van der Waals surface area contributed by atoms with Crippen molar-refractivity contribution >= 4 is 14.3 Å². The number of carbonyl (C=O) groups is 1. The van der Waals surface area contributed by atoms with Gasteiger partial charge in [0.15, 0.2) is 8.32 Å². The van der Waals surface area contributed by atoms with Gasteiger partial charge in [-0.3, -0.25) is 4.79 Å². The molecule has 0 aromatic carbocycles. The van der Waals surface area contributed by atoms with Crippen LogP contribution >= 0.6 is 0 Å². The summed E-state index contributed by atoms with van der Waals surface area (Å²) in [7, 11) is -0.0626. The number of ether oxygens (including phenoxy) is 3. The molecule has 226 valence electrons. The van der Waals surface area contributed by atoms with Gasteiger partial charge in [0.1, 0.15) is 0 Å². The maximum atomic E-state index is 11.9. The zero-order valence-corrected chi connectivity index (χ0v) is 28.4. The summed E-state index contributed by atoms with van der Waals surface area (Å²) in [5.41, 5.74) is 2.58. The average molecular weight is 565 g/mol. The molecule has 1 fully saturated rings. The van der Waals surface area contributed by atoms with Crippen LogP contribution in [0.2, 0.25) is 18.1 Å². The third-order valence-corrected chi connectivity index (χ3v) is 13.1. The number of rotatable bonds is 14. The normalized spacial score (nSPS) is 24.9. The van der Waals surface area contributed by atoms with Crippen molar-refractivity contribution in [1.29, 1.82) is 0 Å². The van der Waals surface area contributed by atoms with Crippen LogP contribution in [0.25, 0.3) is 0 Å². The molecule has 0 amide bonds. The van der Waals surface area contributed by atoms with E-state index in [1.807, 2.05) is 6.92 Å². The molecule has 0 aromatic heterocycles. The molecule has 5 nitrogen and oxygen atoms in total. The Kier molecular flexibility index (Phi) is 15.0. The molecule has 0 bridgehead atoms. The van der Waals surface area contributed by atoms with Crippen molar-refractivity contribution in [3.63, 3.8) is 0 Å². The van der Waals surface area contributed by atoms with E-state index in [0.29, 0.717) is 24.9 Å². The molecule has 0 radical (unpaired) electrons. The largest absolute Gasteiger partial charge is 0.466 e. The highest BCUT2D eigenvalue weighted by atomic mass is 28.4. The van der Waals surface area contributed by atoms with Gasteiger partial charge in [-0.15, -0.1) is 0 Å². The quantitative estimate of drug-likeness (QED) is 0.0914. The molecular formula is C33H60O5Si. The molecule has 0 unspecified atom stereocenters. The summed E-state index contributed by atoms with van der Waals surface area (Å²) in [5.74, 6) is 0.952.